The van der Waals surface area contributed by atoms with Gasteiger partial charge < -0.3 is 15.2 Å². The van der Waals surface area contributed by atoms with E-state index in [1.165, 1.54) is 12.1 Å². The van der Waals surface area contributed by atoms with Gasteiger partial charge in [-0.3, -0.25) is 0 Å². The van der Waals surface area contributed by atoms with Gasteiger partial charge in [-0.2, -0.15) is 0 Å². The highest BCUT2D eigenvalue weighted by atomic mass is 35.5. The summed E-state index contributed by atoms with van der Waals surface area (Å²) in [6.07, 6.45) is 0.628. The van der Waals surface area contributed by atoms with Gasteiger partial charge in [0.25, 0.3) is 6.02 Å². The molecule has 0 aliphatic carbocycles. The Hall–Kier alpha value is -1.49. The van der Waals surface area contributed by atoms with Gasteiger partial charge in [0.2, 0.25) is 0 Å². The van der Waals surface area contributed by atoms with Crippen LogP contribution in [0.1, 0.15) is 6.42 Å². The molecular weight excluding hydrogens is 247 g/mol. The second kappa shape index (κ2) is 5.23. The van der Waals surface area contributed by atoms with Gasteiger partial charge in [-0.25, -0.2) is 9.38 Å². The van der Waals surface area contributed by atoms with Crippen molar-refractivity contribution in [2.75, 3.05) is 13.2 Å². The molecule has 92 valence electrons. The van der Waals surface area contributed by atoms with Crippen LogP contribution in [0, 0.1) is 5.82 Å². The van der Waals surface area contributed by atoms with E-state index in [9.17, 15) is 4.39 Å². The summed E-state index contributed by atoms with van der Waals surface area (Å²) in [5.41, 5.74) is 5.36. The molecule has 17 heavy (non-hydrogen) atoms. The first-order valence-electron chi connectivity index (χ1n) is 5.19. The molecule has 4 nitrogen and oxygen atoms in total. The predicted molar refractivity (Wildman–Crippen MR) is 62.9 cm³/mol. The van der Waals surface area contributed by atoms with Crippen LogP contribution in [0.5, 0.6) is 5.75 Å². The molecule has 6 heteroatoms. The Morgan fingerprint density at radius 2 is 2.41 bits per heavy atom. The minimum absolute atomic E-state index is 0.00892. The number of nitrogens with zero attached hydrogens (tertiary/aromatic N) is 1. The van der Waals surface area contributed by atoms with E-state index in [1.807, 2.05) is 0 Å². The predicted octanol–water partition coefficient (Wildman–Crippen LogP) is 1.96. The molecule has 2 rings (SSSR count). The molecule has 1 aliphatic heterocycles. The average molecular weight is 259 g/mol. The van der Waals surface area contributed by atoms with Crippen molar-refractivity contribution in [3.05, 3.63) is 29.0 Å². The minimum Gasteiger partial charge on any atom is -0.490 e. The van der Waals surface area contributed by atoms with Crippen LogP contribution < -0.4 is 10.5 Å². The molecule has 2 N–H and O–H groups in total. The highest BCUT2D eigenvalue weighted by Gasteiger charge is 2.16. The molecule has 0 spiro atoms. The third-order valence-corrected chi connectivity index (χ3v) is 2.57. The molecule has 0 fully saturated rings. The van der Waals surface area contributed by atoms with Crippen molar-refractivity contribution in [2.24, 2.45) is 10.7 Å². The molecule has 0 amide bonds. The van der Waals surface area contributed by atoms with Crippen LogP contribution in [0.3, 0.4) is 0 Å². The minimum atomic E-state index is -0.469. The van der Waals surface area contributed by atoms with Crippen LogP contribution in [-0.4, -0.2) is 25.3 Å². The largest absolute Gasteiger partial charge is 0.490 e. The number of amidine groups is 1. The molecule has 1 aromatic rings. The second-order valence-corrected chi connectivity index (χ2v) is 4.08. The number of hydrogen-bond acceptors (Lipinski definition) is 4. The monoisotopic (exact) mass is 258 g/mol. The highest BCUT2D eigenvalue weighted by molar-refractivity contribution is 6.30. The van der Waals surface area contributed by atoms with Crippen LogP contribution in [0.2, 0.25) is 5.02 Å². The highest BCUT2D eigenvalue weighted by Crippen LogP contribution is 2.21. The van der Waals surface area contributed by atoms with Gasteiger partial charge in [-0.05, 0) is 18.2 Å². The number of aliphatic imine (C=N–C) groups is 1. The van der Waals surface area contributed by atoms with Gasteiger partial charge in [-0.1, -0.05) is 11.6 Å². The fourth-order valence-corrected chi connectivity index (χ4v) is 1.64. The summed E-state index contributed by atoms with van der Waals surface area (Å²) in [4.78, 5) is 4.03. The SMILES string of the molecule is NC1=NC(CCOc2ccc(Cl)cc2F)CO1. The molecule has 1 atom stereocenters. The lowest BCUT2D eigenvalue weighted by Crippen LogP contribution is -2.12. The first kappa shape index (κ1) is 12.0. The molecule has 0 saturated carbocycles. The van der Waals surface area contributed by atoms with Gasteiger partial charge in [0.1, 0.15) is 6.61 Å². The van der Waals surface area contributed by atoms with E-state index in [2.05, 4.69) is 4.99 Å². The number of hydrogen-bond donors (Lipinski definition) is 1. The van der Waals surface area contributed by atoms with Crippen molar-refractivity contribution in [3.8, 4) is 5.75 Å². The zero-order valence-electron chi connectivity index (χ0n) is 9.03. The zero-order chi connectivity index (χ0) is 12.3. The summed E-state index contributed by atoms with van der Waals surface area (Å²) in [5.74, 6) is -0.284. The summed E-state index contributed by atoms with van der Waals surface area (Å²) >= 11 is 5.63. The maximum atomic E-state index is 13.3. The van der Waals surface area contributed by atoms with Crippen LogP contribution in [-0.2, 0) is 4.74 Å². The third-order valence-electron chi connectivity index (χ3n) is 2.34. The smallest absolute Gasteiger partial charge is 0.282 e. The molecule has 1 unspecified atom stereocenters. The Morgan fingerprint density at radius 3 is 3.06 bits per heavy atom. The Morgan fingerprint density at radius 1 is 1.59 bits per heavy atom. The van der Waals surface area contributed by atoms with Crippen molar-refractivity contribution in [2.45, 2.75) is 12.5 Å². The van der Waals surface area contributed by atoms with Gasteiger partial charge in [0.15, 0.2) is 11.6 Å². The van der Waals surface area contributed by atoms with E-state index >= 15 is 0 Å². The van der Waals surface area contributed by atoms with E-state index in [0.717, 1.165) is 0 Å². The summed E-state index contributed by atoms with van der Waals surface area (Å²) in [7, 11) is 0. The Bertz CT molecular complexity index is 439. The first-order chi connectivity index (χ1) is 8.15. The average Bonchev–Trinajstić information content (AvgIpc) is 2.68. The van der Waals surface area contributed by atoms with Gasteiger partial charge >= 0.3 is 0 Å². The Kier molecular flexibility index (Phi) is 3.68. The van der Waals surface area contributed by atoms with Crippen LogP contribution in [0.25, 0.3) is 0 Å². The van der Waals surface area contributed by atoms with Gasteiger partial charge in [-0.15, -0.1) is 0 Å². The molecule has 0 saturated heterocycles. The fourth-order valence-electron chi connectivity index (χ4n) is 1.48. The number of halogens is 2. The molecule has 1 aliphatic rings. The molecule has 0 aromatic heterocycles. The van der Waals surface area contributed by atoms with E-state index in [1.54, 1.807) is 6.07 Å². The van der Waals surface area contributed by atoms with Gasteiger partial charge in [0, 0.05) is 11.4 Å². The summed E-state index contributed by atoms with van der Waals surface area (Å²) in [6.45, 7) is 0.807. The Labute approximate surface area is 103 Å². The van der Waals surface area contributed by atoms with Crippen molar-refractivity contribution in [1.82, 2.24) is 0 Å². The summed E-state index contributed by atoms with van der Waals surface area (Å²) < 4.78 is 23.6. The maximum absolute atomic E-state index is 13.3. The first-order valence-corrected chi connectivity index (χ1v) is 5.57. The van der Waals surface area contributed by atoms with Crippen molar-refractivity contribution < 1.29 is 13.9 Å². The molecular formula is C11H12ClFN2O2. The summed E-state index contributed by atoms with van der Waals surface area (Å²) in [6, 6.07) is 4.49. The lowest BCUT2D eigenvalue weighted by Gasteiger charge is -2.08. The maximum Gasteiger partial charge on any atom is 0.282 e. The van der Waals surface area contributed by atoms with Gasteiger partial charge in [0.05, 0.1) is 12.6 Å². The fraction of sp³-hybridized carbons (Fsp3) is 0.364. The molecule has 0 radical (unpaired) electrons. The lowest BCUT2D eigenvalue weighted by atomic mass is 10.2. The van der Waals surface area contributed by atoms with E-state index in [-0.39, 0.29) is 17.8 Å². The standard InChI is InChI=1S/C11H12ClFN2O2/c12-7-1-2-10(9(13)5-7)16-4-3-8-6-17-11(14)15-8/h1-2,5,8H,3-4,6H2,(H2,14,15). The quantitative estimate of drug-likeness (QED) is 0.898. The number of rotatable bonds is 4. The van der Waals surface area contributed by atoms with Crippen LogP contribution in [0.15, 0.2) is 23.2 Å². The summed E-state index contributed by atoms with van der Waals surface area (Å²) in [5, 5.41) is 0.344. The van der Waals surface area contributed by atoms with E-state index < -0.39 is 5.82 Å². The molecule has 1 heterocycles. The normalized spacial score (nSPS) is 18.7. The van der Waals surface area contributed by atoms with E-state index in [4.69, 9.17) is 26.8 Å². The lowest BCUT2D eigenvalue weighted by molar-refractivity contribution is 0.257. The molecule has 0 bridgehead atoms. The zero-order valence-corrected chi connectivity index (χ0v) is 9.78. The second-order valence-electron chi connectivity index (χ2n) is 3.64. The number of benzene rings is 1. The van der Waals surface area contributed by atoms with Crippen molar-refractivity contribution in [3.63, 3.8) is 0 Å². The van der Waals surface area contributed by atoms with Crippen LogP contribution in [0.4, 0.5) is 4.39 Å². The Balaban J connectivity index is 1.82. The number of ether oxygens (including phenoxy) is 2. The molecule has 1 aromatic carbocycles. The van der Waals surface area contributed by atoms with Crippen molar-refractivity contribution in [1.29, 1.82) is 0 Å². The number of nitrogens with two attached hydrogens (primary N) is 1. The third kappa shape index (κ3) is 3.23. The topological polar surface area (TPSA) is 56.8 Å². The van der Waals surface area contributed by atoms with Crippen LogP contribution >= 0.6 is 11.6 Å². The van der Waals surface area contributed by atoms with Crippen molar-refractivity contribution >= 4 is 17.6 Å². The van der Waals surface area contributed by atoms with E-state index in [0.29, 0.717) is 24.7 Å².